The zero-order valence-corrected chi connectivity index (χ0v) is 28.2. The van der Waals surface area contributed by atoms with Crippen LogP contribution in [0.25, 0.3) is 31.9 Å². The maximum atomic E-state index is 7.45. The van der Waals surface area contributed by atoms with Crippen molar-refractivity contribution in [1.29, 1.82) is 0 Å². The largest absolute Gasteiger partial charge is 0.238 e. The van der Waals surface area contributed by atoms with Crippen molar-refractivity contribution in [2.75, 3.05) is 0 Å². The number of hydrogen-bond donors (Lipinski definition) is 0. The predicted molar refractivity (Wildman–Crippen MR) is 183 cm³/mol. The topological polar surface area (TPSA) is 8.72 Å². The molecule has 2 heteroatoms. The molecule has 4 aromatic carbocycles. The predicted octanol–water partition coefficient (Wildman–Crippen LogP) is 12.1. The van der Waals surface area contributed by atoms with E-state index >= 15 is 0 Å². The molecule has 0 unspecified atom stereocenters. The van der Waals surface area contributed by atoms with E-state index in [1.54, 1.807) is 0 Å². The number of nitrogens with zero attached hydrogens (tertiary/aromatic N) is 2. The van der Waals surface area contributed by atoms with Crippen LogP contribution in [0.2, 0.25) is 0 Å². The molecule has 0 spiro atoms. The second-order valence-electron chi connectivity index (χ2n) is 12.2. The maximum Gasteiger partial charge on any atom is 0.193 e. The summed E-state index contributed by atoms with van der Waals surface area (Å²) in [6.07, 6.45) is 0. The minimum atomic E-state index is 0.726. The molecule has 0 bridgehead atoms. The van der Waals surface area contributed by atoms with Gasteiger partial charge >= 0.3 is 0 Å². The molecule has 0 saturated heterocycles. The van der Waals surface area contributed by atoms with Crippen LogP contribution < -0.4 is 0 Å². The second kappa shape index (κ2) is 12.4. The Balaban J connectivity index is 0.000000231. The highest BCUT2D eigenvalue weighted by molar-refractivity contribution is 5.86. The van der Waals surface area contributed by atoms with E-state index in [0.29, 0.717) is 0 Å². The van der Waals surface area contributed by atoms with Crippen LogP contribution in [0.5, 0.6) is 0 Å². The summed E-state index contributed by atoms with van der Waals surface area (Å²) >= 11 is 0. The SMILES string of the molecule is Cc1cc(C)c(-c2c(C)cc(C)c(C)c2C)c(C)c1C.[C-]#[N+]c1c(C)cc(C)c(-c2c(C)cc(C)c([N+]#[C-])c2C)c1C. The van der Waals surface area contributed by atoms with E-state index in [4.69, 9.17) is 13.1 Å². The van der Waals surface area contributed by atoms with Crippen LogP contribution in [0, 0.1) is 110 Å². The zero-order valence-electron chi connectivity index (χ0n) is 28.2. The van der Waals surface area contributed by atoms with Crippen molar-refractivity contribution in [1.82, 2.24) is 0 Å². The van der Waals surface area contributed by atoms with Gasteiger partial charge in [-0.1, -0.05) is 24.3 Å². The van der Waals surface area contributed by atoms with Gasteiger partial charge in [0, 0.05) is 0 Å². The van der Waals surface area contributed by atoms with Crippen molar-refractivity contribution < 1.29 is 0 Å². The first kappa shape index (κ1) is 32.4. The highest BCUT2D eigenvalue weighted by Crippen LogP contribution is 2.42. The molecule has 0 N–H and O–H groups in total. The molecule has 0 aliphatic heterocycles. The van der Waals surface area contributed by atoms with Gasteiger partial charge < -0.3 is 0 Å². The molecule has 0 fully saturated rings. The Morgan fingerprint density at radius 1 is 0.310 bits per heavy atom. The van der Waals surface area contributed by atoms with E-state index in [1.165, 1.54) is 55.6 Å². The molecule has 0 saturated carbocycles. The van der Waals surface area contributed by atoms with Crippen LogP contribution in [-0.4, -0.2) is 0 Å². The smallest absolute Gasteiger partial charge is 0.193 e. The van der Waals surface area contributed by atoms with Crippen LogP contribution in [0.4, 0.5) is 11.4 Å². The van der Waals surface area contributed by atoms with Gasteiger partial charge in [-0.15, -0.1) is 0 Å². The van der Waals surface area contributed by atoms with Gasteiger partial charge in [-0.3, -0.25) is 0 Å². The lowest BCUT2D eigenvalue weighted by molar-refractivity contribution is 1.20. The molecule has 0 aliphatic rings. The Hall–Kier alpha value is -4.14. The molecule has 42 heavy (non-hydrogen) atoms. The summed E-state index contributed by atoms with van der Waals surface area (Å²) in [6.45, 7) is 44.9. The quantitative estimate of drug-likeness (QED) is 0.218. The van der Waals surface area contributed by atoms with Crippen LogP contribution in [0.15, 0.2) is 24.3 Å². The van der Waals surface area contributed by atoms with Crippen LogP contribution in [0.1, 0.15) is 77.9 Å². The summed E-state index contributed by atoms with van der Waals surface area (Å²) in [5.74, 6) is 0. The molecule has 0 radical (unpaired) electrons. The third-order valence-corrected chi connectivity index (χ3v) is 9.30. The van der Waals surface area contributed by atoms with E-state index < -0.39 is 0 Å². The molecule has 0 aromatic heterocycles. The van der Waals surface area contributed by atoms with Crippen molar-refractivity contribution >= 4 is 11.4 Å². The number of rotatable bonds is 2. The van der Waals surface area contributed by atoms with E-state index in [1.807, 2.05) is 27.7 Å². The van der Waals surface area contributed by atoms with E-state index in [-0.39, 0.29) is 0 Å². The Morgan fingerprint density at radius 3 is 0.810 bits per heavy atom. The molecule has 4 rings (SSSR count). The monoisotopic (exact) mass is 554 g/mol. The second-order valence-corrected chi connectivity index (χ2v) is 12.2. The minimum Gasteiger partial charge on any atom is -0.238 e. The molecule has 2 nitrogen and oxygen atoms in total. The summed E-state index contributed by atoms with van der Waals surface area (Å²) in [6, 6.07) is 8.80. The standard InChI is InChI=1S/C20H20N2.C20H26/c1-11-9-13(3)19(21-7)15(5)17(11)18-12(2)10-14(4)20(22-8)16(18)6;1-11-9-13(3)19(17(7)15(11)5)20-14(4)10-12(2)16(6)18(20)8/h9-10H,1-6H3;9-10H,1-8H3. The lowest BCUT2D eigenvalue weighted by Gasteiger charge is -2.21. The first-order valence-electron chi connectivity index (χ1n) is 14.7. The maximum absolute atomic E-state index is 7.45. The fraction of sp³-hybridized carbons (Fsp3) is 0.350. The molecule has 0 amide bonds. The molecule has 0 atom stereocenters. The average molecular weight is 555 g/mol. The third-order valence-electron chi connectivity index (χ3n) is 9.30. The van der Waals surface area contributed by atoms with Crippen molar-refractivity contribution in [3.8, 4) is 22.3 Å². The minimum absolute atomic E-state index is 0.726. The first-order chi connectivity index (χ1) is 19.6. The normalized spacial score (nSPS) is 10.6. The third kappa shape index (κ3) is 5.65. The summed E-state index contributed by atoms with van der Waals surface area (Å²) in [5, 5.41) is 0. The van der Waals surface area contributed by atoms with Gasteiger partial charge in [-0.25, -0.2) is 9.69 Å². The summed E-state index contributed by atoms with van der Waals surface area (Å²) in [5.41, 5.74) is 24.2. The Morgan fingerprint density at radius 2 is 0.548 bits per heavy atom. The van der Waals surface area contributed by atoms with Crippen molar-refractivity contribution in [2.24, 2.45) is 0 Å². The molecule has 0 heterocycles. The van der Waals surface area contributed by atoms with Gasteiger partial charge in [0.05, 0.1) is 13.1 Å². The fourth-order valence-electron chi connectivity index (χ4n) is 6.80. The number of hydrogen-bond acceptors (Lipinski definition) is 0. The molecule has 0 aliphatic carbocycles. The molecule has 4 aromatic rings. The lowest BCUT2D eigenvalue weighted by atomic mass is 9.84. The van der Waals surface area contributed by atoms with E-state index in [9.17, 15) is 0 Å². The van der Waals surface area contributed by atoms with Crippen molar-refractivity contribution in [3.05, 3.63) is 125 Å². The zero-order chi connectivity index (χ0) is 31.8. The Labute approximate surface area is 255 Å². The fourth-order valence-corrected chi connectivity index (χ4v) is 6.80. The Bertz CT molecular complexity index is 1680. The summed E-state index contributed by atoms with van der Waals surface area (Å²) in [4.78, 5) is 7.41. The highest BCUT2D eigenvalue weighted by atomic mass is 14.7. The highest BCUT2D eigenvalue weighted by Gasteiger charge is 2.19. The van der Waals surface area contributed by atoms with Crippen molar-refractivity contribution in [3.63, 3.8) is 0 Å². The van der Waals surface area contributed by atoms with Crippen molar-refractivity contribution in [2.45, 2.75) is 96.9 Å². The lowest BCUT2D eigenvalue weighted by Crippen LogP contribution is -2.01. The molecular weight excluding hydrogens is 508 g/mol. The van der Waals surface area contributed by atoms with Gasteiger partial charge in [0.25, 0.3) is 0 Å². The van der Waals surface area contributed by atoms with Gasteiger partial charge in [-0.05, 0) is 197 Å². The molecular formula is C40H46N2. The van der Waals surface area contributed by atoms with Gasteiger partial charge in [-0.2, -0.15) is 0 Å². The number of benzene rings is 4. The average Bonchev–Trinajstić information content (AvgIpc) is 2.90. The van der Waals surface area contributed by atoms with Gasteiger partial charge in [0.2, 0.25) is 0 Å². The van der Waals surface area contributed by atoms with Gasteiger partial charge in [0.1, 0.15) is 0 Å². The number of aryl methyl sites for hydroxylation is 8. The summed E-state index contributed by atoms with van der Waals surface area (Å²) in [7, 11) is 0. The van der Waals surface area contributed by atoms with Crippen LogP contribution in [0.3, 0.4) is 0 Å². The first-order valence-corrected chi connectivity index (χ1v) is 14.7. The van der Waals surface area contributed by atoms with Gasteiger partial charge in [0.15, 0.2) is 11.4 Å². The van der Waals surface area contributed by atoms with E-state index in [2.05, 4.69) is 103 Å². The van der Waals surface area contributed by atoms with Crippen LogP contribution in [-0.2, 0) is 0 Å². The van der Waals surface area contributed by atoms with Crippen LogP contribution >= 0.6 is 0 Å². The van der Waals surface area contributed by atoms with E-state index in [0.717, 1.165) is 55.9 Å². The Kier molecular flexibility index (Phi) is 9.55. The summed E-state index contributed by atoms with van der Waals surface area (Å²) < 4.78 is 0. The molecule has 216 valence electrons.